The number of rotatable bonds is 6. The summed E-state index contributed by atoms with van der Waals surface area (Å²) in [6.07, 6.45) is 1.49. The molecule has 1 aromatic carbocycles. The van der Waals surface area contributed by atoms with E-state index in [0.29, 0.717) is 28.5 Å². The zero-order valence-electron chi connectivity index (χ0n) is 14.6. The van der Waals surface area contributed by atoms with Crippen molar-refractivity contribution in [1.29, 1.82) is 0 Å². The molecule has 2 amide bonds. The van der Waals surface area contributed by atoms with Gasteiger partial charge >= 0.3 is 0 Å². The van der Waals surface area contributed by atoms with Gasteiger partial charge in [0, 0.05) is 5.56 Å². The van der Waals surface area contributed by atoms with Gasteiger partial charge in [-0.2, -0.15) is 0 Å². The highest BCUT2D eigenvalue weighted by Gasteiger charge is 2.15. The van der Waals surface area contributed by atoms with E-state index in [4.69, 9.17) is 9.47 Å². The van der Waals surface area contributed by atoms with Crippen molar-refractivity contribution in [2.24, 2.45) is 0 Å². The van der Waals surface area contributed by atoms with Crippen LogP contribution in [0.15, 0.2) is 41.9 Å². The quantitative estimate of drug-likeness (QED) is 0.616. The van der Waals surface area contributed by atoms with Crippen LogP contribution in [0.2, 0.25) is 0 Å². The molecule has 9 heteroatoms. The Hall–Kier alpha value is -2.91. The Morgan fingerprint density at radius 2 is 1.96 bits per heavy atom. The van der Waals surface area contributed by atoms with Crippen molar-refractivity contribution in [1.82, 2.24) is 15.8 Å². The molecule has 140 valence electrons. The summed E-state index contributed by atoms with van der Waals surface area (Å²) in [5.41, 5.74) is 5.12. The monoisotopic (exact) mass is 403 g/mol. The number of aromatic nitrogens is 1. The minimum Gasteiger partial charge on any atom is -0.493 e. The van der Waals surface area contributed by atoms with E-state index in [-0.39, 0.29) is 0 Å². The summed E-state index contributed by atoms with van der Waals surface area (Å²) in [4.78, 5) is 30.1. The third-order valence-corrected chi connectivity index (χ3v) is 5.51. The number of benzene rings is 1. The molecular formula is C18H17N3O4S2. The fourth-order valence-electron chi connectivity index (χ4n) is 2.22. The van der Waals surface area contributed by atoms with Gasteiger partial charge in [-0.25, -0.2) is 4.98 Å². The lowest BCUT2D eigenvalue weighted by molar-refractivity contribution is 0.0848. The first-order chi connectivity index (χ1) is 13.1. The van der Waals surface area contributed by atoms with Crippen LogP contribution in [0.5, 0.6) is 11.5 Å². The van der Waals surface area contributed by atoms with E-state index in [1.165, 1.54) is 24.6 Å². The van der Waals surface area contributed by atoms with Crippen molar-refractivity contribution in [2.75, 3.05) is 13.7 Å². The van der Waals surface area contributed by atoms with Crippen molar-refractivity contribution in [3.63, 3.8) is 0 Å². The van der Waals surface area contributed by atoms with Gasteiger partial charge in [0.25, 0.3) is 11.8 Å². The summed E-state index contributed by atoms with van der Waals surface area (Å²) in [5.74, 6) is 0.0967. The number of thiophene rings is 1. The Morgan fingerprint density at radius 1 is 1.15 bits per heavy atom. The fourth-order valence-corrected chi connectivity index (χ4v) is 3.84. The number of amides is 2. The van der Waals surface area contributed by atoms with Crippen LogP contribution >= 0.6 is 22.7 Å². The second kappa shape index (κ2) is 8.65. The lowest BCUT2D eigenvalue weighted by Gasteiger charge is -2.11. The van der Waals surface area contributed by atoms with Gasteiger partial charge in [0.15, 0.2) is 11.5 Å². The van der Waals surface area contributed by atoms with E-state index in [9.17, 15) is 9.59 Å². The van der Waals surface area contributed by atoms with Gasteiger partial charge in [0.05, 0.1) is 24.8 Å². The fraction of sp³-hybridized carbons (Fsp3) is 0.167. The number of hydrazine groups is 1. The summed E-state index contributed by atoms with van der Waals surface area (Å²) in [5, 5.41) is 2.71. The molecule has 3 rings (SSSR count). The van der Waals surface area contributed by atoms with Crippen molar-refractivity contribution >= 4 is 34.5 Å². The number of nitrogens with zero attached hydrogens (tertiary/aromatic N) is 1. The Morgan fingerprint density at radius 3 is 2.67 bits per heavy atom. The maximum atomic E-state index is 12.3. The molecule has 0 saturated carbocycles. The molecule has 7 nitrogen and oxygen atoms in total. The van der Waals surface area contributed by atoms with Gasteiger partial charge in [-0.3, -0.25) is 20.4 Å². The first kappa shape index (κ1) is 18.9. The summed E-state index contributed by atoms with van der Waals surface area (Å²) < 4.78 is 10.6. The highest BCUT2D eigenvalue weighted by Crippen LogP contribution is 2.29. The molecule has 2 N–H and O–H groups in total. The Kier molecular flexibility index (Phi) is 6.05. The van der Waals surface area contributed by atoms with Crippen molar-refractivity contribution in [3.8, 4) is 21.4 Å². The summed E-state index contributed by atoms with van der Waals surface area (Å²) >= 11 is 2.81. The average Bonchev–Trinajstić information content (AvgIpc) is 3.37. The average molecular weight is 403 g/mol. The normalized spacial score (nSPS) is 10.3. The molecule has 27 heavy (non-hydrogen) atoms. The molecular weight excluding hydrogens is 386 g/mol. The predicted molar refractivity (Wildman–Crippen MR) is 105 cm³/mol. The maximum absolute atomic E-state index is 12.3. The van der Waals surface area contributed by atoms with Crippen LogP contribution in [0.4, 0.5) is 0 Å². The number of hydrogen-bond acceptors (Lipinski definition) is 7. The molecule has 0 aliphatic heterocycles. The smallest absolute Gasteiger partial charge is 0.281 e. The molecule has 0 unspecified atom stereocenters. The van der Waals surface area contributed by atoms with Crippen molar-refractivity contribution < 1.29 is 19.1 Å². The van der Waals surface area contributed by atoms with Crippen molar-refractivity contribution in [3.05, 3.63) is 52.3 Å². The number of nitrogens with one attached hydrogen (secondary N) is 2. The highest BCUT2D eigenvalue weighted by molar-refractivity contribution is 7.21. The number of methoxy groups -OCH3 is 1. The molecule has 0 atom stereocenters. The molecule has 0 aliphatic carbocycles. The molecule has 0 aliphatic rings. The van der Waals surface area contributed by atoms with Crippen LogP contribution in [0.3, 0.4) is 0 Å². The number of thiazole rings is 1. The van der Waals surface area contributed by atoms with Gasteiger partial charge in [0.1, 0.15) is 9.88 Å². The second-order valence-corrected chi connectivity index (χ2v) is 7.19. The first-order valence-corrected chi connectivity index (χ1v) is 9.73. The third-order valence-electron chi connectivity index (χ3n) is 3.48. The van der Waals surface area contributed by atoms with Crippen LogP contribution in [-0.2, 0) is 0 Å². The van der Waals surface area contributed by atoms with E-state index in [2.05, 4.69) is 15.8 Å². The molecule has 2 heterocycles. The Labute approximate surface area is 163 Å². The first-order valence-electron chi connectivity index (χ1n) is 8.03. The highest BCUT2D eigenvalue weighted by atomic mass is 32.1. The zero-order chi connectivity index (χ0) is 19.2. The van der Waals surface area contributed by atoms with Gasteiger partial charge in [0.2, 0.25) is 0 Å². The van der Waals surface area contributed by atoms with Crippen LogP contribution < -0.4 is 20.3 Å². The van der Waals surface area contributed by atoms with Gasteiger partial charge in [-0.05, 0) is 36.6 Å². The lowest BCUT2D eigenvalue weighted by Crippen LogP contribution is -2.41. The topological polar surface area (TPSA) is 89.6 Å². The number of ether oxygens (including phenoxy) is 2. The van der Waals surface area contributed by atoms with Crippen LogP contribution in [0.1, 0.15) is 27.0 Å². The lowest BCUT2D eigenvalue weighted by atomic mass is 10.2. The van der Waals surface area contributed by atoms with E-state index in [1.54, 1.807) is 29.5 Å². The van der Waals surface area contributed by atoms with E-state index < -0.39 is 11.8 Å². The zero-order valence-corrected chi connectivity index (χ0v) is 16.3. The number of carbonyl (C=O) groups excluding carboxylic acids is 2. The predicted octanol–water partition coefficient (Wildman–Crippen LogP) is 3.35. The molecule has 2 aromatic heterocycles. The summed E-state index contributed by atoms with van der Waals surface area (Å²) in [6, 6.07) is 8.65. The standard InChI is InChI=1S/C18H17N3O4S2/c1-3-25-12-7-6-11(9-13(12)24-2)16(22)20-21-17(23)15-10-19-18(27-15)14-5-4-8-26-14/h4-10H,3H2,1-2H3,(H,20,22)(H,21,23). The van der Waals surface area contributed by atoms with Crippen LogP contribution in [-0.4, -0.2) is 30.5 Å². The Bertz CT molecular complexity index is 938. The molecule has 0 fully saturated rings. The summed E-state index contributed by atoms with van der Waals surface area (Å²) in [7, 11) is 1.50. The van der Waals surface area contributed by atoms with E-state index in [1.807, 2.05) is 24.4 Å². The van der Waals surface area contributed by atoms with E-state index >= 15 is 0 Å². The van der Waals surface area contributed by atoms with E-state index in [0.717, 1.165) is 9.88 Å². The van der Waals surface area contributed by atoms with Crippen LogP contribution in [0, 0.1) is 0 Å². The van der Waals surface area contributed by atoms with Crippen molar-refractivity contribution in [2.45, 2.75) is 6.92 Å². The maximum Gasteiger partial charge on any atom is 0.281 e. The summed E-state index contributed by atoms with van der Waals surface area (Å²) in [6.45, 7) is 2.35. The van der Waals surface area contributed by atoms with Gasteiger partial charge in [-0.15, -0.1) is 22.7 Å². The Balaban J connectivity index is 1.62. The second-order valence-electron chi connectivity index (χ2n) is 5.21. The largest absolute Gasteiger partial charge is 0.493 e. The molecule has 0 bridgehead atoms. The third kappa shape index (κ3) is 4.44. The SMILES string of the molecule is CCOc1ccc(C(=O)NNC(=O)c2cnc(-c3cccs3)s2)cc1OC. The van der Waals surface area contributed by atoms with Gasteiger partial charge < -0.3 is 9.47 Å². The number of hydrogen-bond donors (Lipinski definition) is 2. The molecule has 0 spiro atoms. The van der Waals surface area contributed by atoms with Crippen LogP contribution in [0.25, 0.3) is 9.88 Å². The molecule has 3 aromatic rings. The number of carbonyl (C=O) groups is 2. The molecule has 0 saturated heterocycles. The minimum atomic E-state index is -0.465. The minimum absolute atomic E-state index is 0.333. The molecule has 0 radical (unpaired) electrons. The van der Waals surface area contributed by atoms with Gasteiger partial charge in [-0.1, -0.05) is 6.07 Å².